The second-order valence-electron chi connectivity index (χ2n) is 5.39. The van der Waals surface area contributed by atoms with Gasteiger partial charge in [0.1, 0.15) is 5.75 Å². The van der Waals surface area contributed by atoms with Gasteiger partial charge in [-0.2, -0.15) is 0 Å². The molecule has 0 saturated carbocycles. The molecule has 3 amide bonds. The van der Waals surface area contributed by atoms with E-state index in [-0.39, 0.29) is 24.3 Å². The molecular weight excluding hydrogens is 445 g/mol. The molecule has 0 radical (unpaired) electrons. The van der Waals surface area contributed by atoms with Crippen LogP contribution in [0.2, 0.25) is 0 Å². The summed E-state index contributed by atoms with van der Waals surface area (Å²) in [5.41, 5.74) is 5.54. The molecule has 0 spiro atoms. The minimum absolute atomic E-state index is 0.0487. The van der Waals surface area contributed by atoms with E-state index in [1.165, 1.54) is 0 Å². The van der Waals surface area contributed by atoms with Gasteiger partial charge in [0.25, 0.3) is 5.91 Å². The SMILES string of the molecule is NCCNC(=O)c1ccc(OC(F)(F)F)cc1NC(=O)Nc1cccc(Br)c1. The van der Waals surface area contributed by atoms with Gasteiger partial charge < -0.3 is 26.4 Å². The summed E-state index contributed by atoms with van der Waals surface area (Å²) in [6, 6.07) is 8.91. The van der Waals surface area contributed by atoms with Gasteiger partial charge in [-0.1, -0.05) is 22.0 Å². The minimum atomic E-state index is -4.92. The zero-order valence-corrected chi connectivity index (χ0v) is 15.9. The number of alkyl halides is 3. The number of nitrogens with one attached hydrogen (secondary N) is 3. The number of rotatable bonds is 6. The van der Waals surface area contributed by atoms with Crippen LogP contribution in [0.3, 0.4) is 0 Å². The maximum absolute atomic E-state index is 12.5. The van der Waals surface area contributed by atoms with E-state index < -0.39 is 24.1 Å². The molecule has 7 nitrogen and oxygen atoms in total. The van der Waals surface area contributed by atoms with Crippen LogP contribution in [-0.2, 0) is 0 Å². The van der Waals surface area contributed by atoms with Gasteiger partial charge in [0, 0.05) is 29.3 Å². The van der Waals surface area contributed by atoms with Gasteiger partial charge >= 0.3 is 12.4 Å². The molecule has 0 aliphatic rings. The quantitative estimate of drug-likeness (QED) is 0.527. The van der Waals surface area contributed by atoms with Crippen LogP contribution in [0.5, 0.6) is 5.75 Å². The fourth-order valence-electron chi connectivity index (χ4n) is 2.15. The molecule has 0 unspecified atom stereocenters. The number of carbonyl (C=O) groups excluding carboxylic acids is 2. The number of urea groups is 1. The summed E-state index contributed by atoms with van der Waals surface area (Å²) in [6.45, 7) is 0.330. The first-order valence-electron chi connectivity index (χ1n) is 7.89. The van der Waals surface area contributed by atoms with Crippen LogP contribution in [-0.4, -0.2) is 31.4 Å². The average molecular weight is 461 g/mol. The molecule has 2 aromatic carbocycles. The number of ether oxygens (including phenoxy) is 1. The Bertz CT molecular complexity index is 862. The third-order valence-corrected chi connectivity index (χ3v) is 3.72. The predicted molar refractivity (Wildman–Crippen MR) is 101 cm³/mol. The number of hydrogen-bond donors (Lipinski definition) is 4. The van der Waals surface area contributed by atoms with E-state index in [1.54, 1.807) is 24.3 Å². The van der Waals surface area contributed by atoms with Crippen molar-refractivity contribution in [3.05, 3.63) is 52.5 Å². The molecule has 5 N–H and O–H groups in total. The maximum Gasteiger partial charge on any atom is 0.573 e. The summed E-state index contributed by atoms with van der Waals surface area (Å²) >= 11 is 3.25. The Morgan fingerprint density at radius 3 is 2.50 bits per heavy atom. The van der Waals surface area contributed by atoms with E-state index in [9.17, 15) is 22.8 Å². The average Bonchev–Trinajstić information content (AvgIpc) is 2.58. The Morgan fingerprint density at radius 1 is 1.11 bits per heavy atom. The van der Waals surface area contributed by atoms with Crippen molar-refractivity contribution in [1.29, 1.82) is 0 Å². The Labute approximate surface area is 166 Å². The number of hydrogen-bond acceptors (Lipinski definition) is 4. The number of nitrogens with two attached hydrogens (primary N) is 1. The second kappa shape index (κ2) is 9.42. The topological polar surface area (TPSA) is 105 Å². The van der Waals surface area contributed by atoms with Crippen LogP contribution in [0.25, 0.3) is 0 Å². The van der Waals surface area contributed by atoms with Crippen molar-refractivity contribution in [2.75, 3.05) is 23.7 Å². The van der Waals surface area contributed by atoms with E-state index in [2.05, 4.69) is 36.6 Å². The molecule has 0 heterocycles. The normalized spacial score (nSPS) is 10.9. The van der Waals surface area contributed by atoms with Crippen molar-refractivity contribution < 1.29 is 27.5 Å². The first kappa shape index (κ1) is 21.5. The second-order valence-corrected chi connectivity index (χ2v) is 6.30. The smallest absolute Gasteiger partial charge is 0.406 e. The largest absolute Gasteiger partial charge is 0.573 e. The number of benzene rings is 2. The summed E-state index contributed by atoms with van der Waals surface area (Å²) in [4.78, 5) is 24.4. The number of carbonyl (C=O) groups is 2. The van der Waals surface area contributed by atoms with Crippen molar-refractivity contribution in [3.63, 3.8) is 0 Å². The molecule has 11 heteroatoms. The molecule has 2 aromatic rings. The molecule has 0 atom stereocenters. The molecular formula is C17H16BrF3N4O3. The molecule has 0 aliphatic heterocycles. The highest BCUT2D eigenvalue weighted by Gasteiger charge is 2.31. The van der Waals surface area contributed by atoms with Crippen molar-refractivity contribution >= 4 is 39.2 Å². The number of halogens is 4. The van der Waals surface area contributed by atoms with E-state index in [0.717, 1.165) is 18.2 Å². The third-order valence-electron chi connectivity index (χ3n) is 3.23. The van der Waals surface area contributed by atoms with Crippen molar-refractivity contribution in [1.82, 2.24) is 5.32 Å². The van der Waals surface area contributed by atoms with Crippen LogP contribution in [0.15, 0.2) is 46.9 Å². The van der Waals surface area contributed by atoms with Crippen LogP contribution in [0.4, 0.5) is 29.3 Å². The summed E-state index contributed by atoms with van der Waals surface area (Å²) in [5.74, 6) is -1.19. The highest BCUT2D eigenvalue weighted by Crippen LogP contribution is 2.28. The van der Waals surface area contributed by atoms with Gasteiger partial charge in [0.2, 0.25) is 0 Å². The molecule has 2 rings (SSSR count). The van der Waals surface area contributed by atoms with Crippen LogP contribution < -0.4 is 26.4 Å². The van der Waals surface area contributed by atoms with Gasteiger partial charge in [0.05, 0.1) is 11.3 Å². The van der Waals surface area contributed by atoms with Crippen molar-refractivity contribution in [2.45, 2.75) is 6.36 Å². The molecule has 150 valence electrons. The Balaban J connectivity index is 2.25. The first-order valence-corrected chi connectivity index (χ1v) is 8.69. The van der Waals surface area contributed by atoms with Gasteiger partial charge in [-0.15, -0.1) is 13.2 Å². The third kappa shape index (κ3) is 6.74. The lowest BCUT2D eigenvalue weighted by Crippen LogP contribution is -2.30. The van der Waals surface area contributed by atoms with E-state index in [4.69, 9.17) is 5.73 Å². The van der Waals surface area contributed by atoms with Gasteiger partial charge in [-0.05, 0) is 30.3 Å². The van der Waals surface area contributed by atoms with Crippen molar-refractivity contribution in [2.24, 2.45) is 5.73 Å². The van der Waals surface area contributed by atoms with E-state index in [0.29, 0.717) is 10.2 Å². The molecule has 0 bridgehead atoms. The number of amides is 3. The monoisotopic (exact) mass is 460 g/mol. The van der Waals surface area contributed by atoms with Crippen LogP contribution >= 0.6 is 15.9 Å². The molecule has 0 fully saturated rings. The van der Waals surface area contributed by atoms with E-state index in [1.807, 2.05) is 0 Å². The Morgan fingerprint density at radius 2 is 1.86 bits per heavy atom. The molecule has 0 saturated heterocycles. The molecule has 0 aliphatic carbocycles. The van der Waals surface area contributed by atoms with Crippen LogP contribution in [0.1, 0.15) is 10.4 Å². The standard InChI is InChI=1S/C17H16BrF3N4O3/c18-10-2-1-3-11(8-10)24-16(27)25-14-9-12(28-17(19,20)21)4-5-13(14)15(26)23-7-6-22/h1-5,8-9H,6-7,22H2,(H,23,26)(H2,24,25,27). The Kier molecular flexibility index (Phi) is 7.24. The van der Waals surface area contributed by atoms with Crippen molar-refractivity contribution in [3.8, 4) is 5.75 Å². The first-order chi connectivity index (χ1) is 13.2. The Hall–Kier alpha value is -2.79. The highest BCUT2D eigenvalue weighted by atomic mass is 79.9. The van der Waals surface area contributed by atoms with Gasteiger partial charge in [0.15, 0.2) is 0 Å². The van der Waals surface area contributed by atoms with Crippen LogP contribution in [0, 0.1) is 0 Å². The fourth-order valence-corrected chi connectivity index (χ4v) is 2.55. The summed E-state index contributed by atoms with van der Waals surface area (Å²) < 4.78 is 42.0. The highest BCUT2D eigenvalue weighted by molar-refractivity contribution is 9.10. The lowest BCUT2D eigenvalue weighted by atomic mass is 10.1. The summed E-state index contributed by atoms with van der Waals surface area (Å²) in [7, 11) is 0. The lowest BCUT2D eigenvalue weighted by molar-refractivity contribution is -0.274. The van der Waals surface area contributed by atoms with E-state index >= 15 is 0 Å². The zero-order valence-electron chi connectivity index (χ0n) is 14.3. The molecule has 28 heavy (non-hydrogen) atoms. The summed E-state index contributed by atoms with van der Waals surface area (Å²) in [5, 5.41) is 7.35. The fraction of sp³-hybridized carbons (Fsp3) is 0.176. The maximum atomic E-state index is 12.5. The van der Waals surface area contributed by atoms with Gasteiger partial charge in [-0.25, -0.2) is 4.79 Å². The zero-order chi connectivity index (χ0) is 20.7. The summed E-state index contributed by atoms with van der Waals surface area (Å²) in [6.07, 6.45) is -4.92. The molecule has 0 aromatic heterocycles. The number of anilines is 2. The minimum Gasteiger partial charge on any atom is -0.406 e. The predicted octanol–water partition coefficient (Wildman–Crippen LogP) is 3.68. The van der Waals surface area contributed by atoms with Gasteiger partial charge in [-0.3, -0.25) is 4.79 Å². The lowest BCUT2D eigenvalue weighted by Gasteiger charge is -2.15.